The third-order valence-corrected chi connectivity index (χ3v) is 7.93. The first-order valence-electron chi connectivity index (χ1n) is 12.6. The van der Waals surface area contributed by atoms with Crippen molar-refractivity contribution in [3.8, 4) is 6.07 Å². The smallest absolute Gasteiger partial charge is 0.237 e. The molecule has 0 bridgehead atoms. The second-order valence-corrected chi connectivity index (χ2v) is 10.3. The molecule has 0 radical (unpaired) electrons. The number of halogens is 2. The number of nitrogens with one attached hydrogen (secondary N) is 1. The summed E-state index contributed by atoms with van der Waals surface area (Å²) < 4.78 is 16.2. The van der Waals surface area contributed by atoms with Gasteiger partial charge in [0.15, 0.2) is 11.3 Å². The zero-order valence-electron chi connectivity index (χ0n) is 21.1. The van der Waals surface area contributed by atoms with E-state index in [-0.39, 0.29) is 23.7 Å². The van der Waals surface area contributed by atoms with E-state index in [0.717, 1.165) is 43.5 Å². The van der Waals surface area contributed by atoms with Gasteiger partial charge in [-0.2, -0.15) is 10.4 Å². The van der Waals surface area contributed by atoms with E-state index in [1.165, 1.54) is 6.07 Å². The second-order valence-electron chi connectivity index (χ2n) is 9.90. The van der Waals surface area contributed by atoms with Crippen molar-refractivity contribution >= 4 is 34.2 Å². The lowest BCUT2D eigenvalue weighted by molar-refractivity contribution is -0.126. The van der Waals surface area contributed by atoms with Crippen LogP contribution in [0.3, 0.4) is 0 Å². The van der Waals surface area contributed by atoms with Crippen LogP contribution in [0.2, 0.25) is 5.02 Å². The predicted molar refractivity (Wildman–Crippen MR) is 139 cm³/mol. The van der Waals surface area contributed by atoms with Gasteiger partial charge in [-0.1, -0.05) is 30.7 Å². The lowest BCUT2D eigenvalue weighted by Gasteiger charge is -2.38. The Morgan fingerprint density at radius 1 is 1.38 bits per heavy atom. The molecule has 2 aromatic heterocycles. The average Bonchev–Trinajstić information content (AvgIpc) is 3.52. The Kier molecular flexibility index (Phi) is 6.97. The van der Waals surface area contributed by atoms with E-state index >= 15 is 0 Å². The van der Waals surface area contributed by atoms with Crippen LogP contribution in [0, 0.1) is 23.1 Å². The largest absolute Gasteiger partial charge is 0.358 e. The SMILES string of the molecule is CNC(=O)C1CCCN1C1CC=C(c2cnc3c(C#N)nn(C(C)c4ccc(Cl)cc4F)c3n2)CC1C. The molecule has 1 N–H and O–H groups in total. The average molecular weight is 522 g/mol. The first-order chi connectivity index (χ1) is 17.8. The van der Waals surface area contributed by atoms with Crippen molar-refractivity contribution < 1.29 is 9.18 Å². The zero-order valence-corrected chi connectivity index (χ0v) is 21.8. The molecule has 3 aromatic rings. The van der Waals surface area contributed by atoms with Gasteiger partial charge in [-0.05, 0) is 62.8 Å². The van der Waals surface area contributed by atoms with Crippen LogP contribution in [0.5, 0.6) is 0 Å². The molecule has 37 heavy (non-hydrogen) atoms. The van der Waals surface area contributed by atoms with Gasteiger partial charge in [-0.25, -0.2) is 19.0 Å². The zero-order chi connectivity index (χ0) is 26.3. The van der Waals surface area contributed by atoms with Gasteiger partial charge in [0.05, 0.1) is 24.0 Å². The highest BCUT2D eigenvalue weighted by molar-refractivity contribution is 6.30. The van der Waals surface area contributed by atoms with E-state index in [0.29, 0.717) is 27.7 Å². The second kappa shape index (κ2) is 10.2. The number of carbonyl (C=O) groups is 1. The van der Waals surface area contributed by atoms with E-state index in [2.05, 4.69) is 39.4 Å². The highest BCUT2D eigenvalue weighted by Crippen LogP contribution is 2.36. The van der Waals surface area contributed by atoms with Crippen LogP contribution in [0.15, 0.2) is 30.5 Å². The van der Waals surface area contributed by atoms with Crippen LogP contribution in [0.25, 0.3) is 16.7 Å². The van der Waals surface area contributed by atoms with Gasteiger partial charge in [0.2, 0.25) is 5.91 Å². The number of nitrogens with zero attached hydrogens (tertiary/aromatic N) is 6. The minimum absolute atomic E-state index is 0.0722. The Morgan fingerprint density at radius 2 is 2.19 bits per heavy atom. The molecule has 2 aliphatic rings. The van der Waals surface area contributed by atoms with Crippen LogP contribution in [0.1, 0.15) is 62.5 Å². The lowest BCUT2D eigenvalue weighted by atomic mass is 9.83. The number of rotatable bonds is 5. The first-order valence-corrected chi connectivity index (χ1v) is 13.0. The van der Waals surface area contributed by atoms with Crippen LogP contribution in [-0.4, -0.2) is 56.2 Å². The molecule has 1 aromatic carbocycles. The van der Waals surface area contributed by atoms with Gasteiger partial charge in [-0.15, -0.1) is 0 Å². The summed E-state index contributed by atoms with van der Waals surface area (Å²) in [6, 6.07) is 6.29. The summed E-state index contributed by atoms with van der Waals surface area (Å²) in [6.07, 6.45) is 7.40. The molecule has 0 spiro atoms. The highest BCUT2D eigenvalue weighted by Gasteiger charge is 2.38. The fourth-order valence-corrected chi connectivity index (χ4v) is 5.91. The number of allylic oxidation sites excluding steroid dienone is 1. The summed E-state index contributed by atoms with van der Waals surface area (Å²) in [6.45, 7) is 4.95. The maximum atomic E-state index is 14.7. The molecular weight excluding hydrogens is 493 g/mol. The molecule has 1 aliphatic carbocycles. The number of benzene rings is 1. The lowest BCUT2D eigenvalue weighted by Crippen LogP contribution is -2.49. The first kappa shape index (κ1) is 25.3. The molecule has 5 rings (SSSR count). The fraction of sp³-hybridized carbons (Fsp3) is 0.444. The molecule has 4 unspecified atom stereocenters. The van der Waals surface area contributed by atoms with E-state index in [1.54, 1.807) is 37.0 Å². The van der Waals surface area contributed by atoms with E-state index in [4.69, 9.17) is 16.6 Å². The highest BCUT2D eigenvalue weighted by atomic mass is 35.5. The molecule has 1 amide bonds. The van der Waals surface area contributed by atoms with Crippen molar-refractivity contribution in [1.82, 2.24) is 30.0 Å². The molecule has 8 nitrogen and oxygen atoms in total. The van der Waals surface area contributed by atoms with E-state index in [1.807, 2.05) is 0 Å². The summed E-state index contributed by atoms with van der Waals surface area (Å²) >= 11 is 5.93. The van der Waals surface area contributed by atoms with Crippen molar-refractivity contribution in [2.45, 2.75) is 57.7 Å². The Labute approximate surface area is 220 Å². The molecular formula is C27H29ClFN7O. The van der Waals surface area contributed by atoms with Gasteiger partial charge in [-0.3, -0.25) is 9.69 Å². The fourth-order valence-electron chi connectivity index (χ4n) is 5.75. The molecule has 10 heteroatoms. The Bertz CT molecular complexity index is 1430. The van der Waals surface area contributed by atoms with E-state index in [9.17, 15) is 14.4 Å². The maximum absolute atomic E-state index is 14.7. The van der Waals surface area contributed by atoms with Gasteiger partial charge >= 0.3 is 0 Å². The molecule has 1 fully saturated rings. The van der Waals surface area contributed by atoms with Gasteiger partial charge in [0.1, 0.15) is 17.4 Å². The van der Waals surface area contributed by atoms with Crippen molar-refractivity contribution in [2.75, 3.05) is 13.6 Å². The van der Waals surface area contributed by atoms with Crippen molar-refractivity contribution in [3.63, 3.8) is 0 Å². The number of aromatic nitrogens is 4. The normalized spacial score (nSPS) is 23.0. The summed E-state index contributed by atoms with van der Waals surface area (Å²) in [5.74, 6) is -0.0360. The number of carbonyl (C=O) groups excluding carboxylic acids is 1. The van der Waals surface area contributed by atoms with Crippen LogP contribution in [0.4, 0.5) is 4.39 Å². The number of hydrogen-bond donors (Lipinski definition) is 1. The predicted octanol–water partition coefficient (Wildman–Crippen LogP) is 4.49. The Balaban J connectivity index is 1.47. The minimum Gasteiger partial charge on any atom is -0.358 e. The minimum atomic E-state index is -0.521. The van der Waals surface area contributed by atoms with Gasteiger partial charge < -0.3 is 5.32 Å². The molecule has 0 saturated carbocycles. The Hall–Kier alpha value is -3.35. The monoisotopic (exact) mass is 521 g/mol. The van der Waals surface area contributed by atoms with Crippen molar-refractivity contribution in [3.05, 3.63) is 58.3 Å². The standard InChI is InChI=1S/C27H29ClFN7O/c1-15-11-17(6-9-23(15)35-10-4-5-24(35)27(37)31-3)22-14-32-25-21(13-30)34-36(26(25)33-22)16(2)19-8-7-18(28)12-20(19)29/h6-8,12,14-16,23-24H,4-5,9-11H2,1-3H3,(H,31,37). The molecule has 3 heterocycles. The summed E-state index contributed by atoms with van der Waals surface area (Å²) in [7, 11) is 1.70. The molecule has 192 valence electrons. The summed E-state index contributed by atoms with van der Waals surface area (Å²) in [5.41, 5.74) is 3.17. The number of nitriles is 1. The number of amides is 1. The van der Waals surface area contributed by atoms with Crippen LogP contribution < -0.4 is 5.32 Å². The van der Waals surface area contributed by atoms with Gasteiger partial charge in [0, 0.05) is 23.7 Å². The van der Waals surface area contributed by atoms with Gasteiger partial charge in [0.25, 0.3) is 0 Å². The summed E-state index contributed by atoms with van der Waals surface area (Å²) in [5, 5.41) is 17.2. The molecule has 4 atom stereocenters. The molecule has 1 saturated heterocycles. The van der Waals surface area contributed by atoms with Crippen molar-refractivity contribution in [2.24, 2.45) is 5.92 Å². The van der Waals surface area contributed by atoms with Crippen LogP contribution in [-0.2, 0) is 4.79 Å². The third-order valence-electron chi connectivity index (χ3n) is 7.69. The number of likely N-dealkylation sites (tertiary alicyclic amines) is 1. The third kappa shape index (κ3) is 4.60. The topological polar surface area (TPSA) is 99.7 Å². The summed E-state index contributed by atoms with van der Waals surface area (Å²) in [4.78, 5) is 24.1. The Morgan fingerprint density at radius 3 is 2.89 bits per heavy atom. The van der Waals surface area contributed by atoms with E-state index < -0.39 is 11.9 Å². The number of likely N-dealkylation sites (N-methyl/N-ethyl adjacent to an activating group) is 1. The quantitative estimate of drug-likeness (QED) is 0.531. The molecule has 1 aliphatic heterocycles. The maximum Gasteiger partial charge on any atom is 0.237 e. The van der Waals surface area contributed by atoms with Crippen LogP contribution >= 0.6 is 11.6 Å². The number of hydrogen-bond acceptors (Lipinski definition) is 6. The van der Waals surface area contributed by atoms with Crippen molar-refractivity contribution in [1.29, 1.82) is 5.26 Å². The number of fused-ring (bicyclic) bond motifs is 1.